The Morgan fingerprint density at radius 2 is 1.18 bits per heavy atom. The van der Waals surface area contributed by atoms with Crippen LogP contribution in [0.2, 0.25) is 0 Å². The van der Waals surface area contributed by atoms with Crippen molar-refractivity contribution in [3.8, 4) is 11.5 Å². The third-order valence-corrected chi connectivity index (χ3v) is 5.75. The minimum atomic E-state index is -1.37. The molecule has 0 aliphatic rings. The summed E-state index contributed by atoms with van der Waals surface area (Å²) in [5.74, 6) is -4.94. The molecule has 0 spiro atoms. The number of carbonyl (C=O) groups excluding carboxylic acids is 3. The number of aromatic hydroxyl groups is 2. The van der Waals surface area contributed by atoms with Gasteiger partial charge in [-0.1, -0.05) is 24.3 Å². The van der Waals surface area contributed by atoms with E-state index >= 15 is 0 Å². The third-order valence-electron chi connectivity index (χ3n) is 5.75. The third kappa shape index (κ3) is 10.3. The van der Waals surface area contributed by atoms with Gasteiger partial charge in [0, 0.05) is 12.8 Å². The summed E-state index contributed by atoms with van der Waals surface area (Å²) in [5.41, 5.74) is 7.14. The largest absolute Gasteiger partial charge is 0.508 e. The zero-order valence-electron chi connectivity index (χ0n) is 21.2. The molecule has 0 saturated carbocycles. The molecule has 2 rings (SSSR count). The Hall–Kier alpha value is -4.65. The van der Waals surface area contributed by atoms with Gasteiger partial charge in [-0.2, -0.15) is 0 Å². The number of hydrogen-bond donors (Lipinski definition) is 8. The lowest BCUT2D eigenvalue weighted by Gasteiger charge is -2.25. The molecular formula is C26H32N4O9. The van der Waals surface area contributed by atoms with Crippen LogP contribution in [0.4, 0.5) is 0 Å². The smallest absolute Gasteiger partial charge is 0.325 e. The number of hydrogen-bond acceptors (Lipinski definition) is 8. The van der Waals surface area contributed by atoms with Gasteiger partial charge in [-0.05, 0) is 55.2 Å². The van der Waals surface area contributed by atoms with Crippen LogP contribution in [-0.4, -0.2) is 74.3 Å². The average Bonchev–Trinajstić information content (AvgIpc) is 2.88. The first-order valence-electron chi connectivity index (χ1n) is 12.0. The number of amides is 3. The van der Waals surface area contributed by atoms with E-state index in [4.69, 9.17) is 15.9 Å². The molecule has 0 fully saturated rings. The maximum absolute atomic E-state index is 13.2. The van der Waals surface area contributed by atoms with Gasteiger partial charge < -0.3 is 42.1 Å². The van der Waals surface area contributed by atoms with Crippen LogP contribution in [0, 0.1) is 0 Å². The molecule has 2 aromatic rings. The lowest BCUT2D eigenvalue weighted by atomic mass is 10.0. The predicted octanol–water partition coefficient (Wildman–Crippen LogP) is -0.366. The molecule has 39 heavy (non-hydrogen) atoms. The highest BCUT2D eigenvalue weighted by Crippen LogP contribution is 2.13. The fourth-order valence-electron chi connectivity index (χ4n) is 3.52. The standard InChI is InChI=1S/C26H32N4O9/c1-14(26(38)39)28-25(37)21(13-16-4-8-18(32)9-5-16)30-24(36)20(10-11-22(33)34)29-23(35)19(27)12-15-2-6-17(31)7-3-15/h2-9,14,19-21,31-32H,10-13,27H2,1H3,(H,28,37)(H,29,35)(H,30,36)(H,33,34)(H,38,39). The first-order chi connectivity index (χ1) is 18.3. The van der Waals surface area contributed by atoms with Crippen LogP contribution in [0.5, 0.6) is 11.5 Å². The van der Waals surface area contributed by atoms with Crippen molar-refractivity contribution in [1.29, 1.82) is 0 Å². The highest BCUT2D eigenvalue weighted by Gasteiger charge is 2.30. The predicted molar refractivity (Wildman–Crippen MR) is 138 cm³/mol. The van der Waals surface area contributed by atoms with E-state index in [0.29, 0.717) is 11.1 Å². The maximum Gasteiger partial charge on any atom is 0.325 e. The van der Waals surface area contributed by atoms with Gasteiger partial charge in [0.15, 0.2) is 0 Å². The molecule has 0 heterocycles. The van der Waals surface area contributed by atoms with E-state index in [1.807, 2.05) is 0 Å². The minimum absolute atomic E-state index is 0.0247. The van der Waals surface area contributed by atoms with Gasteiger partial charge in [-0.15, -0.1) is 0 Å². The molecule has 0 aromatic heterocycles. The highest BCUT2D eigenvalue weighted by atomic mass is 16.4. The fraction of sp³-hybridized carbons (Fsp3) is 0.346. The number of nitrogens with one attached hydrogen (secondary N) is 3. The summed E-state index contributed by atoms with van der Waals surface area (Å²) in [6, 6.07) is 6.71. The molecule has 0 radical (unpaired) electrons. The van der Waals surface area contributed by atoms with Crippen molar-refractivity contribution in [3.05, 3.63) is 59.7 Å². The number of phenols is 2. The Kier molecular flexibility index (Phi) is 11.2. The van der Waals surface area contributed by atoms with E-state index in [2.05, 4.69) is 16.0 Å². The topological polar surface area (TPSA) is 228 Å². The zero-order chi connectivity index (χ0) is 29.1. The molecule has 0 aliphatic heterocycles. The van der Waals surface area contributed by atoms with E-state index in [0.717, 1.165) is 0 Å². The van der Waals surface area contributed by atoms with Crippen molar-refractivity contribution < 1.29 is 44.4 Å². The van der Waals surface area contributed by atoms with E-state index in [9.17, 15) is 34.2 Å². The van der Waals surface area contributed by atoms with E-state index < -0.39 is 60.2 Å². The van der Waals surface area contributed by atoms with Crippen LogP contribution < -0.4 is 21.7 Å². The summed E-state index contributed by atoms with van der Waals surface area (Å²) in [7, 11) is 0. The highest BCUT2D eigenvalue weighted by molar-refractivity contribution is 5.94. The van der Waals surface area contributed by atoms with Crippen molar-refractivity contribution >= 4 is 29.7 Å². The van der Waals surface area contributed by atoms with Gasteiger partial charge in [-0.3, -0.25) is 24.0 Å². The molecule has 0 bridgehead atoms. The number of benzene rings is 2. The molecule has 3 amide bonds. The van der Waals surface area contributed by atoms with Gasteiger partial charge in [0.2, 0.25) is 17.7 Å². The van der Waals surface area contributed by atoms with Crippen molar-refractivity contribution in [2.24, 2.45) is 5.73 Å². The molecule has 2 aromatic carbocycles. The summed E-state index contributed by atoms with van der Waals surface area (Å²) >= 11 is 0. The second-order valence-corrected chi connectivity index (χ2v) is 8.97. The summed E-state index contributed by atoms with van der Waals surface area (Å²) in [5, 5.41) is 44.3. The van der Waals surface area contributed by atoms with Crippen LogP contribution in [-0.2, 0) is 36.8 Å². The molecular weight excluding hydrogens is 512 g/mol. The van der Waals surface area contributed by atoms with Gasteiger partial charge in [0.1, 0.15) is 29.6 Å². The van der Waals surface area contributed by atoms with Gasteiger partial charge >= 0.3 is 11.9 Å². The molecule has 0 aliphatic carbocycles. The van der Waals surface area contributed by atoms with Crippen LogP contribution in [0.1, 0.15) is 30.9 Å². The average molecular weight is 545 g/mol. The Morgan fingerprint density at radius 3 is 1.67 bits per heavy atom. The normalized spacial score (nSPS) is 13.8. The fourth-order valence-corrected chi connectivity index (χ4v) is 3.52. The second kappa shape index (κ2) is 14.3. The van der Waals surface area contributed by atoms with Gasteiger partial charge in [-0.25, -0.2) is 0 Å². The van der Waals surface area contributed by atoms with Crippen LogP contribution in [0.15, 0.2) is 48.5 Å². The summed E-state index contributed by atoms with van der Waals surface area (Å²) in [6.07, 6.45) is -0.809. The van der Waals surface area contributed by atoms with Gasteiger partial charge in [0.05, 0.1) is 6.04 Å². The van der Waals surface area contributed by atoms with Crippen molar-refractivity contribution in [1.82, 2.24) is 16.0 Å². The molecule has 0 saturated heterocycles. The molecule has 4 unspecified atom stereocenters. The van der Waals surface area contributed by atoms with Crippen LogP contribution in [0.25, 0.3) is 0 Å². The molecule has 13 nitrogen and oxygen atoms in total. The number of rotatable bonds is 14. The van der Waals surface area contributed by atoms with Crippen molar-refractivity contribution in [3.63, 3.8) is 0 Å². The molecule has 9 N–H and O–H groups in total. The molecule has 4 atom stereocenters. The van der Waals surface area contributed by atoms with Crippen LogP contribution >= 0.6 is 0 Å². The maximum atomic E-state index is 13.2. The quantitative estimate of drug-likeness (QED) is 0.154. The van der Waals surface area contributed by atoms with Crippen molar-refractivity contribution in [2.75, 3.05) is 0 Å². The summed E-state index contributed by atoms with van der Waals surface area (Å²) in [6.45, 7) is 1.24. The van der Waals surface area contributed by atoms with Crippen molar-refractivity contribution in [2.45, 2.75) is 56.8 Å². The molecule has 13 heteroatoms. The SMILES string of the molecule is CC(NC(=O)C(Cc1ccc(O)cc1)NC(=O)C(CCC(=O)O)NC(=O)C(N)Cc1ccc(O)cc1)C(=O)O. The first kappa shape index (κ1) is 30.6. The summed E-state index contributed by atoms with van der Waals surface area (Å²) in [4.78, 5) is 61.2. The number of nitrogens with two attached hydrogens (primary N) is 1. The lowest BCUT2D eigenvalue weighted by Crippen LogP contribution is -2.57. The number of carboxylic acid groups (broad SMARTS) is 2. The Balaban J connectivity index is 2.19. The minimum Gasteiger partial charge on any atom is -0.508 e. The summed E-state index contributed by atoms with van der Waals surface area (Å²) < 4.78 is 0. The number of carbonyl (C=O) groups is 5. The second-order valence-electron chi connectivity index (χ2n) is 8.97. The Bertz CT molecular complexity index is 1170. The Morgan fingerprint density at radius 1 is 0.718 bits per heavy atom. The number of phenolic OH excluding ortho intramolecular Hbond substituents is 2. The van der Waals surface area contributed by atoms with E-state index in [1.54, 1.807) is 12.1 Å². The Labute approximate surface area is 224 Å². The monoisotopic (exact) mass is 544 g/mol. The van der Waals surface area contributed by atoms with Crippen LogP contribution in [0.3, 0.4) is 0 Å². The van der Waals surface area contributed by atoms with E-state index in [1.165, 1.54) is 43.3 Å². The number of aliphatic carboxylic acids is 2. The van der Waals surface area contributed by atoms with E-state index in [-0.39, 0.29) is 30.8 Å². The first-order valence-corrected chi connectivity index (χ1v) is 12.0. The molecule has 210 valence electrons. The number of carboxylic acids is 2. The lowest BCUT2D eigenvalue weighted by molar-refractivity contribution is -0.141. The van der Waals surface area contributed by atoms with Gasteiger partial charge in [0.25, 0.3) is 0 Å². The zero-order valence-corrected chi connectivity index (χ0v) is 21.2.